The van der Waals surface area contributed by atoms with Gasteiger partial charge in [0.25, 0.3) is 0 Å². The van der Waals surface area contributed by atoms with Crippen LogP contribution in [0.5, 0.6) is 0 Å². The van der Waals surface area contributed by atoms with Crippen molar-refractivity contribution in [2.75, 3.05) is 0 Å². The smallest absolute Gasteiger partial charge is 0.550 e. The third-order valence-electron chi connectivity index (χ3n) is 0.301. The number of hydrogen-bond acceptors (Lipinski definition) is 4. The fourth-order valence-corrected chi connectivity index (χ4v) is 0. The SMILES string of the molecule is CC(=O)C(=O)O.CC(=O)[O-].[Na+]. The molecule has 0 aromatic heterocycles. The van der Waals surface area contributed by atoms with E-state index in [0.717, 1.165) is 13.8 Å². The van der Waals surface area contributed by atoms with Crippen LogP contribution in [0, 0.1) is 0 Å². The van der Waals surface area contributed by atoms with Crippen LogP contribution in [0.25, 0.3) is 0 Å². The molecule has 0 aromatic rings. The molecule has 0 atom stereocenters. The topological polar surface area (TPSA) is 94.5 Å². The number of carbonyl (C=O) groups excluding carboxylic acids is 2. The summed E-state index contributed by atoms with van der Waals surface area (Å²) in [5.41, 5.74) is 0. The Morgan fingerprint density at radius 2 is 1.27 bits per heavy atom. The Balaban J connectivity index is -0.000000114. The van der Waals surface area contributed by atoms with Crippen LogP contribution in [0.15, 0.2) is 0 Å². The van der Waals surface area contributed by atoms with Crippen molar-refractivity contribution >= 4 is 17.7 Å². The van der Waals surface area contributed by atoms with Gasteiger partial charge in [-0.2, -0.15) is 0 Å². The van der Waals surface area contributed by atoms with E-state index in [9.17, 15) is 9.59 Å². The van der Waals surface area contributed by atoms with Crippen LogP contribution in [0.4, 0.5) is 0 Å². The molecule has 0 saturated carbocycles. The summed E-state index contributed by atoms with van der Waals surface area (Å²) in [5.74, 6) is -3.29. The summed E-state index contributed by atoms with van der Waals surface area (Å²) >= 11 is 0. The number of Topliss-reactive ketones (excluding diaryl/α,β-unsaturated/α-hetero) is 1. The Kier molecular flexibility index (Phi) is 14.8. The Labute approximate surface area is 85.7 Å². The van der Waals surface area contributed by atoms with Gasteiger partial charge < -0.3 is 15.0 Å². The van der Waals surface area contributed by atoms with E-state index in [-0.39, 0.29) is 29.6 Å². The molecule has 0 aliphatic heterocycles. The summed E-state index contributed by atoms with van der Waals surface area (Å²) in [6.07, 6.45) is 0. The maximum Gasteiger partial charge on any atom is 1.00 e. The van der Waals surface area contributed by atoms with Gasteiger partial charge in [0.15, 0.2) is 0 Å². The molecule has 0 radical (unpaired) electrons. The van der Waals surface area contributed by atoms with Gasteiger partial charge in [0.05, 0.1) is 0 Å². The molecule has 11 heavy (non-hydrogen) atoms. The van der Waals surface area contributed by atoms with Gasteiger partial charge in [-0.05, 0) is 6.92 Å². The molecule has 0 aromatic carbocycles. The van der Waals surface area contributed by atoms with Gasteiger partial charge in [-0.1, -0.05) is 0 Å². The van der Waals surface area contributed by atoms with E-state index in [2.05, 4.69) is 0 Å². The average Bonchev–Trinajstić information content (AvgIpc) is 1.63. The summed E-state index contributed by atoms with van der Waals surface area (Å²) in [6.45, 7) is 1.97. The predicted octanol–water partition coefficient (Wildman–Crippen LogP) is -4.58. The molecule has 6 heteroatoms. The second-order valence-electron chi connectivity index (χ2n) is 1.35. The van der Waals surface area contributed by atoms with Crippen LogP contribution in [0.3, 0.4) is 0 Å². The van der Waals surface area contributed by atoms with E-state index in [1.54, 1.807) is 0 Å². The first kappa shape index (κ1) is 16.9. The minimum absolute atomic E-state index is 0. The minimum atomic E-state index is -1.38. The van der Waals surface area contributed by atoms with Crippen LogP contribution in [-0.4, -0.2) is 22.8 Å². The molecule has 5 nitrogen and oxygen atoms in total. The number of carboxylic acids is 2. The fraction of sp³-hybridized carbons (Fsp3) is 0.400. The van der Waals surface area contributed by atoms with Gasteiger partial charge in [0.1, 0.15) is 0 Å². The molecular formula is C5H7NaO5. The van der Waals surface area contributed by atoms with Crippen LogP contribution in [0.1, 0.15) is 13.8 Å². The number of carbonyl (C=O) groups is 3. The molecule has 0 rings (SSSR count). The molecule has 1 N–H and O–H groups in total. The second kappa shape index (κ2) is 9.61. The molecule has 0 saturated heterocycles. The maximum atomic E-state index is 9.54. The minimum Gasteiger partial charge on any atom is -0.550 e. The van der Waals surface area contributed by atoms with Gasteiger partial charge in [-0.3, -0.25) is 4.79 Å². The number of carboxylic acid groups (broad SMARTS) is 2. The predicted molar refractivity (Wildman–Crippen MR) is 29.0 cm³/mol. The van der Waals surface area contributed by atoms with Crippen LogP contribution >= 0.6 is 0 Å². The Bertz CT molecular complexity index is 137. The largest absolute Gasteiger partial charge is 1.00 e. The van der Waals surface area contributed by atoms with Crippen molar-refractivity contribution in [1.82, 2.24) is 0 Å². The molecule has 0 bridgehead atoms. The normalized spacial score (nSPS) is 6.36. The van der Waals surface area contributed by atoms with Crippen molar-refractivity contribution in [3.8, 4) is 0 Å². The molecule has 0 unspecified atom stereocenters. The molecule has 0 heterocycles. The first-order valence-electron chi connectivity index (χ1n) is 2.29. The molecule has 0 aliphatic carbocycles. The summed E-state index contributed by atoms with van der Waals surface area (Å²) in [5, 5.41) is 16.5. The van der Waals surface area contributed by atoms with E-state index in [4.69, 9.17) is 15.0 Å². The fourth-order valence-electron chi connectivity index (χ4n) is 0. The van der Waals surface area contributed by atoms with Gasteiger partial charge >= 0.3 is 35.5 Å². The van der Waals surface area contributed by atoms with Crippen molar-refractivity contribution in [2.45, 2.75) is 13.8 Å². The van der Waals surface area contributed by atoms with Crippen molar-refractivity contribution in [3.63, 3.8) is 0 Å². The summed E-state index contributed by atoms with van der Waals surface area (Å²) in [6, 6.07) is 0. The van der Waals surface area contributed by atoms with E-state index in [1.807, 2.05) is 0 Å². The summed E-state index contributed by atoms with van der Waals surface area (Å²) < 4.78 is 0. The maximum absolute atomic E-state index is 9.54. The zero-order chi connectivity index (χ0) is 8.73. The molecule has 0 spiro atoms. The first-order chi connectivity index (χ1) is 4.37. The zero-order valence-corrected chi connectivity index (χ0v) is 8.58. The summed E-state index contributed by atoms with van der Waals surface area (Å²) in [4.78, 5) is 27.8. The Hall–Kier alpha value is -0.390. The Morgan fingerprint density at radius 3 is 1.27 bits per heavy atom. The molecule has 0 fully saturated rings. The van der Waals surface area contributed by atoms with Crippen molar-refractivity contribution in [1.29, 1.82) is 0 Å². The molecular weight excluding hydrogens is 163 g/mol. The number of hydrogen-bond donors (Lipinski definition) is 1. The van der Waals surface area contributed by atoms with Gasteiger partial charge in [0, 0.05) is 12.9 Å². The number of ketones is 1. The summed E-state index contributed by atoms with van der Waals surface area (Å²) in [7, 11) is 0. The van der Waals surface area contributed by atoms with Crippen molar-refractivity contribution < 1.29 is 54.2 Å². The molecule has 58 valence electrons. The number of aliphatic carboxylic acids is 2. The molecule has 0 aliphatic rings. The zero-order valence-electron chi connectivity index (χ0n) is 6.58. The van der Waals surface area contributed by atoms with Gasteiger partial charge in [-0.15, -0.1) is 0 Å². The van der Waals surface area contributed by atoms with E-state index >= 15 is 0 Å². The third kappa shape index (κ3) is 42.7. The van der Waals surface area contributed by atoms with Crippen molar-refractivity contribution in [3.05, 3.63) is 0 Å². The van der Waals surface area contributed by atoms with E-state index in [0.29, 0.717) is 0 Å². The average molecular weight is 170 g/mol. The molecule has 0 amide bonds. The van der Waals surface area contributed by atoms with Gasteiger partial charge in [0.2, 0.25) is 5.78 Å². The third-order valence-corrected chi connectivity index (χ3v) is 0.301. The van der Waals surface area contributed by atoms with E-state index < -0.39 is 17.7 Å². The van der Waals surface area contributed by atoms with E-state index in [1.165, 1.54) is 0 Å². The standard InChI is InChI=1S/C3H4O3.C2H4O2.Na/c1-2(4)3(5)6;1-2(3)4;/h1H3,(H,5,6);1H3,(H,3,4);/q;;+1/p-1. The van der Waals surface area contributed by atoms with Crippen LogP contribution < -0.4 is 34.7 Å². The van der Waals surface area contributed by atoms with Crippen LogP contribution in [-0.2, 0) is 14.4 Å². The second-order valence-corrected chi connectivity index (χ2v) is 1.35. The van der Waals surface area contributed by atoms with Crippen LogP contribution in [0.2, 0.25) is 0 Å². The quantitative estimate of drug-likeness (QED) is 0.315. The number of rotatable bonds is 1. The van der Waals surface area contributed by atoms with Crippen molar-refractivity contribution in [2.24, 2.45) is 0 Å². The Morgan fingerprint density at radius 1 is 1.18 bits per heavy atom. The first-order valence-corrected chi connectivity index (χ1v) is 2.29. The monoisotopic (exact) mass is 170 g/mol. The van der Waals surface area contributed by atoms with Gasteiger partial charge in [-0.25, -0.2) is 4.79 Å².